The molecular formula is C26H24Cl2LiNO4S. The van der Waals surface area contributed by atoms with Gasteiger partial charge in [0, 0.05) is 10.6 Å². The second-order valence-corrected chi connectivity index (χ2v) is 9.13. The first-order valence-electron chi connectivity index (χ1n) is 10.7. The largest absolute Gasteiger partial charge is 1.00 e. The van der Waals surface area contributed by atoms with E-state index < -0.39 is 5.97 Å². The second kappa shape index (κ2) is 15.1. The SMILES string of the molecule is COc1ccc(CCCCOc2ccc(CSc3c(Cl)cccc3Cl)nc2/C=C/C(=O)[O-])cc1.[Li+]. The summed E-state index contributed by atoms with van der Waals surface area (Å²) in [5, 5.41) is 12.1. The van der Waals surface area contributed by atoms with Crippen molar-refractivity contribution in [1.82, 2.24) is 4.98 Å². The third-order valence-corrected chi connectivity index (χ3v) is 6.90. The van der Waals surface area contributed by atoms with Crippen LogP contribution < -0.4 is 33.4 Å². The van der Waals surface area contributed by atoms with E-state index in [2.05, 4.69) is 17.1 Å². The van der Waals surface area contributed by atoms with Gasteiger partial charge in [0.2, 0.25) is 0 Å². The predicted molar refractivity (Wildman–Crippen MR) is 136 cm³/mol. The van der Waals surface area contributed by atoms with E-state index in [4.69, 9.17) is 32.7 Å². The number of halogens is 2. The van der Waals surface area contributed by atoms with Crippen LogP contribution in [0.2, 0.25) is 10.0 Å². The number of rotatable bonds is 12. The molecule has 0 atom stereocenters. The maximum Gasteiger partial charge on any atom is 1.00 e. The number of carbonyl (C=O) groups excluding carboxylic acids is 1. The number of unbranched alkanes of at least 4 members (excludes halogenated alkanes) is 1. The van der Waals surface area contributed by atoms with E-state index in [0.29, 0.717) is 33.8 Å². The summed E-state index contributed by atoms with van der Waals surface area (Å²) in [6, 6.07) is 17.0. The molecule has 3 rings (SSSR count). The van der Waals surface area contributed by atoms with Gasteiger partial charge in [0.05, 0.1) is 35.4 Å². The molecular weight excluding hydrogens is 500 g/mol. The number of methoxy groups -OCH3 is 1. The van der Waals surface area contributed by atoms with Crippen molar-refractivity contribution in [2.75, 3.05) is 13.7 Å². The van der Waals surface area contributed by atoms with Gasteiger partial charge in [-0.1, -0.05) is 41.4 Å². The summed E-state index contributed by atoms with van der Waals surface area (Å²) in [5.41, 5.74) is 2.41. The third-order valence-electron chi connectivity index (χ3n) is 4.88. The van der Waals surface area contributed by atoms with E-state index >= 15 is 0 Å². The van der Waals surface area contributed by atoms with Crippen LogP contribution in [0.15, 0.2) is 65.6 Å². The van der Waals surface area contributed by atoms with E-state index in [-0.39, 0.29) is 18.9 Å². The molecule has 0 N–H and O–H groups in total. The van der Waals surface area contributed by atoms with Crippen molar-refractivity contribution in [2.45, 2.75) is 29.9 Å². The van der Waals surface area contributed by atoms with E-state index in [0.717, 1.165) is 41.7 Å². The van der Waals surface area contributed by atoms with Crippen LogP contribution in [-0.2, 0) is 17.0 Å². The fourth-order valence-electron chi connectivity index (χ4n) is 3.15. The van der Waals surface area contributed by atoms with E-state index in [1.807, 2.05) is 18.2 Å². The van der Waals surface area contributed by atoms with Crippen LogP contribution in [0.5, 0.6) is 11.5 Å². The molecule has 9 heteroatoms. The molecule has 0 spiro atoms. The van der Waals surface area contributed by atoms with Crippen molar-refractivity contribution in [2.24, 2.45) is 0 Å². The van der Waals surface area contributed by atoms with E-state index in [1.165, 1.54) is 23.4 Å². The molecule has 0 fully saturated rings. The molecule has 0 aliphatic heterocycles. The van der Waals surface area contributed by atoms with Crippen molar-refractivity contribution in [3.05, 3.63) is 87.7 Å². The van der Waals surface area contributed by atoms with Crippen molar-refractivity contribution in [3.8, 4) is 11.5 Å². The molecule has 178 valence electrons. The number of aryl methyl sites for hydroxylation is 1. The zero-order valence-electron chi connectivity index (χ0n) is 19.6. The van der Waals surface area contributed by atoms with Gasteiger partial charge >= 0.3 is 18.9 Å². The fourth-order valence-corrected chi connectivity index (χ4v) is 4.73. The Morgan fingerprint density at radius 1 is 1.06 bits per heavy atom. The van der Waals surface area contributed by atoms with Crippen LogP contribution in [0.1, 0.15) is 29.8 Å². The quantitative estimate of drug-likeness (QED) is 0.157. The van der Waals surface area contributed by atoms with Crippen LogP contribution in [0, 0.1) is 0 Å². The van der Waals surface area contributed by atoms with Crippen LogP contribution in [-0.4, -0.2) is 24.7 Å². The number of aliphatic carboxylic acids is 1. The molecule has 0 unspecified atom stereocenters. The van der Waals surface area contributed by atoms with Crippen molar-refractivity contribution in [1.29, 1.82) is 0 Å². The molecule has 0 radical (unpaired) electrons. The van der Waals surface area contributed by atoms with Gasteiger partial charge in [-0.25, -0.2) is 4.98 Å². The molecule has 1 heterocycles. The Kier molecular flexibility index (Phi) is 12.6. The van der Waals surface area contributed by atoms with Gasteiger partial charge in [0.25, 0.3) is 0 Å². The van der Waals surface area contributed by atoms with Gasteiger partial charge in [0.15, 0.2) is 0 Å². The Hall–Kier alpha value is -2.07. The number of thioether (sulfide) groups is 1. The number of aromatic nitrogens is 1. The molecule has 3 aromatic rings. The molecule has 35 heavy (non-hydrogen) atoms. The van der Waals surface area contributed by atoms with Gasteiger partial charge in [-0.2, -0.15) is 0 Å². The summed E-state index contributed by atoms with van der Waals surface area (Å²) >= 11 is 13.9. The van der Waals surface area contributed by atoms with E-state index in [1.54, 1.807) is 31.4 Å². The maximum absolute atomic E-state index is 10.9. The molecule has 0 bridgehead atoms. The minimum absolute atomic E-state index is 0. The fraction of sp³-hybridized carbons (Fsp3) is 0.231. The topological polar surface area (TPSA) is 71.5 Å². The van der Waals surface area contributed by atoms with Gasteiger partial charge in [-0.15, -0.1) is 11.8 Å². The summed E-state index contributed by atoms with van der Waals surface area (Å²) < 4.78 is 11.1. The molecule has 0 aliphatic carbocycles. The minimum Gasteiger partial charge on any atom is -0.545 e. The molecule has 0 aliphatic rings. The Bertz CT molecular complexity index is 1120. The Labute approximate surface area is 232 Å². The van der Waals surface area contributed by atoms with Crippen LogP contribution in [0.4, 0.5) is 0 Å². The first kappa shape index (κ1) is 29.2. The summed E-state index contributed by atoms with van der Waals surface area (Å²) in [7, 11) is 1.65. The van der Waals surface area contributed by atoms with Crippen LogP contribution in [0.25, 0.3) is 6.08 Å². The number of pyridine rings is 1. The molecule has 0 saturated heterocycles. The summed E-state index contributed by atoms with van der Waals surface area (Å²) in [4.78, 5) is 16.3. The number of nitrogens with zero attached hydrogens (tertiary/aromatic N) is 1. The van der Waals surface area contributed by atoms with Gasteiger partial charge < -0.3 is 19.4 Å². The smallest absolute Gasteiger partial charge is 0.545 e. The average molecular weight is 524 g/mol. The second-order valence-electron chi connectivity index (χ2n) is 7.33. The Morgan fingerprint density at radius 2 is 1.77 bits per heavy atom. The normalized spacial score (nSPS) is 10.7. The number of carboxylic acids is 1. The van der Waals surface area contributed by atoms with Crippen molar-refractivity contribution in [3.63, 3.8) is 0 Å². The molecule has 0 saturated carbocycles. The zero-order chi connectivity index (χ0) is 24.3. The maximum atomic E-state index is 10.9. The summed E-state index contributed by atoms with van der Waals surface area (Å²) in [6.45, 7) is 0.493. The van der Waals surface area contributed by atoms with Crippen LogP contribution >= 0.6 is 35.0 Å². The first-order chi connectivity index (χ1) is 16.5. The van der Waals surface area contributed by atoms with Crippen LogP contribution in [0.3, 0.4) is 0 Å². The number of hydrogen-bond donors (Lipinski definition) is 0. The van der Waals surface area contributed by atoms with Gasteiger partial charge in [-0.05, 0) is 73.4 Å². The van der Waals surface area contributed by atoms with Gasteiger partial charge in [-0.3, -0.25) is 0 Å². The summed E-state index contributed by atoms with van der Waals surface area (Å²) in [5.74, 6) is 0.576. The van der Waals surface area contributed by atoms with Crippen molar-refractivity contribution >= 4 is 47.0 Å². The minimum atomic E-state index is -1.30. The Balaban J connectivity index is 0.00000432. The number of carboxylic acid groups (broad SMARTS) is 1. The Morgan fingerprint density at radius 3 is 2.43 bits per heavy atom. The first-order valence-corrected chi connectivity index (χ1v) is 12.4. The number of ether oxygens (including phenoxy) is 2. The van der Waals surface area contributed by atoms with E-state index in [9.17, 15) is 9.90 Å². The standard InChI is InChI=1S/C26H25Cl2NO4S.Li/c1-32-20-11-8-18(9-12-20)5-2-3-16-33-24-14-10-19(29-23(24)13-15-25(30)31)17-34-26-21(27)6-4-7-22(26)28;/h4,6-15H,2-3,5,16-17H2,1H3,(H,30,31);/q;+1/p-1/b15-13+;. The molecule has 5 nitrogen and oxygen atoms in total. The molecule has 1 aromatic heterocycles. The molecule has 0 amide bonds. The monoisotopic (exact) mass is 523 g/mol. The van der Waals surface area contributed by atoms with Gasteiger partial charge in [0.1, 0.15) is 17.2 Å². The number of carbonyl (C=O) groups is 1. The summed E-state index contributed by atoms with van der Waals surface area (Å²) in [6.07, 6.45) is 5.07. The third kappa shape index (κ3) is 9.48. The predicted octanol–water partition coefficient (Wildman–Crippen LogP) is 2.86. The number of benzene rings is 2. The zero-order valence-corrected chi connectivity index (χ0v) is 22.0. The van der Waals surface area contributed by atoms with Crippen molar-refractivity contribution < 1.29 is 38.2 Å². The number of hydrogen-bond acceptors (Lipinski definition) is 6. The molecule has 2 aromatic carbocycles. The average Bonchev–Trinajstić information content (AvgIpc) is 2.83.